The van der Waals surface area contributed by atoms with Gasteiger partial charge in [0.05, 0.1) is 25.2 Å². The lowest BCUT2D eigenvalue weighted by molar-refractivity contribution is 0.331. The van der Waals surface area contributed by atoms with Crippen LogP contribution in [0.2, 0.25) is 5.28 Å². The second-order valence-corrected chi connectivity index (χ2v) is 8.72. The maximum Gasteiger partial charge on any atom is 0.226 e. The van der Waals surface area contributed by atoms with Crippen molar-refractivity contribution in [1.29, 1.82) is 0 Å². The Balaban J connectivity index is 1.31. The molecule has 0 spiro atoms. The minimum absolute atomic E-state index is 0.193. The van der Waals surface area contributed by atoms with Crippen LogP contribution >= 0.6 is 11.6 Å². The monoisotopic (exact) mass is 462 g/mol. The number of halogens is 1. The van der Waals surface area contributed by atoms with Crippen molar-refractivity contribution in [2.45, 2.75) is 32.5 Å². The maximum atomic E-state index is 6.26. The summed E-state index contributed by atoms with van der Waals surface area (Å²) in [6.07, 6.45) is 4.41. The van der Waals surface area contributed by atoms with Crippen LogP contribution in [0.1, 0.15) is 29.5 Å². The molecule has 1 saturated heterocycles. The highest BCUT2D eigenvalue weighted by Crippen LogP contribution is 2.24. The summed E-state index contributed by atoms with van der Waals surface area (Å²) in [6, 6.07) is 16.7. The van der Waals surface area contributed by atoms with Gasteiger partial charge in [-0.2, -0.15) is 15.1 Å². The first-order valence-electron chi connectivity index (χ1n) is 11.2. The summed E-state index contributed by atoms with van der Waals surface area (Å²) < 4.78 is 7.18. The molecule has 170 valence electrons. The fraction of sp³-hybridized carbons (Fsp3) is 0.320. The van der Waals surface area contributed by atoms with Gasteiger partial charge in [0.2, 0.25) is 5.28 Å². The summed E-state index contributed by atoms with van der Waals surface area (Å²) >= 11 is 6.26. The van der Waals surface area contributed by atoms with Crippen LogP contribution in [0.4, 0.5) is 5.82 Å². The Morgan fingerprint density at radius 2 is 1.73 bits per heavy atom. The highest BCUT2D eigenvalue weighted by Gasteiger charge is 2.14. The number of aromatic nitrogens is 4. The second kappa shape index (κ2) is 9.77. The Labute approximate surface area is 198 Å². The van der Waals surface area contributed by atoms with Crippen molar-refractivity contribution in [3.05, 3.63) is 76.7 Å². The molecule has 0 bridgehead atoms. The molecule has 0 saturated carbocycles. The summed E-state index contributed by atoms with van der Waals surface area (Å²) in [7, 11) is 1.66. The van der Waals surface area contributed by atoms with Gasteiger partial charge in [0.15, 0.2) is 5.65 Å². The van der Waals surface area contributed by atoms with Gasteiger partial charge in [-0.05, 0) is 66.4 Å². The number of hydrogen-bond acceptors (Lipinski definition) is 6. The molecule has 1 N–H and O–H groups in total. The normalized spacial score (nSPS) is 14.1. The van der Waals surface area contributed by atoms with E-state index in [1.54, 1.807) is 13.3 Å². The quantitative estimate of drug-likeness (QED) is 0.381. The maximum absolute atomic E-state index is 6.26. The molecule has 5 rings (SSSR count). The van der Waals surface area contributed by atoms with Gasteiger partial charge >= 0.3 is 0 Å². The predicted octanol–water partition coefficient (Wildman–Crippen LogP) is 4.74. The summed E-state index contributed by atoms with van der Waals surface area (Å²) in [5.74, 6) is 1.49. The minimum Gasteiger partial charge on any atom is -0.497 e. The van der Waals surface area contributed by atoms with Gasteiger partial charge in [-0.3, -0.25) is 4.90 Å². The molecule has 2 aromatic carbocycles. The third kappa shape index (κ3) is 5.10. The first-order chi connectivity index (χ1) is 16.2. The van der Waals surface area contributed by atoms with Crippen molar-refractivity contribution in [3.8, 4) is 5.75 Å². The van der Waals surface area contributed by atoms with Crippen molar-refractivity contribution in [2.24, 2.45) is 0 Å². The molecule has 2 aromatic heterocycles. The average Bonchev–Trinajstić information content (AvgIpc) is 3.49. The first kappa shape index (κ1) is 21.7. The van der Waals surface area contributed by atoms with E-state index < -0.39 is 0 Å². The van der Waals surface area contributed by atoms with Gasteiger partial charge in [0.25, 0.3) is 0 Å². The number of methoxy groups -OCH3 is 1. The van der Waals surface area contributed by atoms with Crippen LogP contribution < -0.4 is 10.1 Å². The van der Waals surface area contributed by atoms with Crippen molar-refractivity contribution >= 4 is 28.5 Å². The van der Waals surface area contributed by atoms with Crippen LogP contribution in [0.5, 0.6) is 5.75 Å². The van der Waals surface area contributed by atoms with Crippen LogP contribution in [0.15, 0.2) is 54.7 Å². The first-order valence-corrected chi connectivity index (χ1v) is 11.6. The number of fused-ring (bicyclic) bond motifs is 1. The topological polar surface area (TPSA) is 68.1 Å². The molecule has 0 radical (unpaired) electrons. The second-order valence-electron chi connectivity index (χ2n) is 8.39. The van der Waals surface area contributed by atoms with Crippen LogP contribution in [0, 0.1) is 0 Å². The highest BCUT2D eigenvalue weighted by atomic mass is 35.5. The number of benzene rings is 2. The van der Waals surface area contributed by atoms with Gasteiger partial charge in [-0.15, -0.1) is 0 Å². The van der Waals surface area contributed by atoms with E-state index in [0.29, 0.717) is 24.6 Å². The Kier molecular flexibility index (Phi) is 6.41. The lowest BCUT2D eigenvalue weighted by atomic mass is 10.1. The lowest BCUT2D eigenvalue weighted by Gasteiger charge is -2.14. The summed E-state index contributed by atoms with van der Waals surface area (Å²) in [6.45, 7) is 4.64. The molecule has 4 aromatic rings. The standard InChI is InChI=1S/C25H27ClN6O/c1-33-21-6-4-5-20(13-21)14-27-23-22-15-28-32(24(22)30-25(26)29-23)17-19-9-7-18(8-10-19)16-31-11-2-3-12-31/h4-10,13,15H,2-3,11-12,14,16-17H2,1H3,(H,27,29,30). The zero-order valence-electron chi connectivity index (χ0n) is 18.7. The van der Waals surface area contributed by atoms with Gasteiger partial charge in [-0.25, -0.2) is 4.68 Å². The van der Waals surface area contributed by atoms with E-state index in [-0.39, 0.29) is 5.28 Å². The van der Waals surface area contributed by atoms with Crippen molar-refractivity contribution in [2.75, 3.05) is 25.5 Å². The van der Waals surface area contributed by atoms with E-state index in [4.69, 9.17) is 16.3 Å². The number of nitrogens with one attached hydrogen (secondary N) is 1. The number of hydrogen-bond donors (Lipinski definition) is 1. The van der Waals surface area contributed by atoms with E-state index in [9.17, 15) is 0 Å². The van der Waals surface area contributed by atoms with Gasteiger partial charge < -0.3 is 10.1 Å². The molecule has 0 aliphatic carbocycles. The third-order valence-electron chi connectivity index (χ3n) is 6.02. The molecule has 1 aliphatic heterocycles. The van der Waals surface area contributed by atoms with E-state index >= 15 is 0 Å². The Morgan fingerprint density at radius 3 is 2.48 bits per heavy atom. The molecular formula is C25H27ClN6O. The Morgan fingerprint density at radius 1 is 0.970 bits per heavy atom. The lowest BCUT2D eigenvalue weighted by Crippen LogP contribution is -2.18. The fourth-order valence-corrected chi connectivity index (χ4v) is 4.43. The van der Waals surface area contributed by atoms with Crippen LogP contribution in [0.25, 0.3) is 11.0 Å². The Bertz CT molecular complexity index is 1230. The molecule has 0 unspecified atom stereocenters. The predicted molar refractivity (Wildman–Crippen MR) is 131 cm³/mol. The number of likely N-dealkylation sites (tertiary alicyclic amines) is 1. The number of ether oxygens (including phenoxy) is 1. The van der Waals surface area contributed by atoms with E-state index in [1.807, 2.05) is 28.9 Å². The molecule has 1 aliphatic rings. The van der Waals surface area contributed by atoms with Gasteiger partial charge in [0.1, 0.15) is 11.6 Å². The zero-order valence-corrected chi connectivity index (χ0v) is 19.4. The summed E-state index contributed by atoms with van der Waals surface area (Å²) in [5.41, 5.74) is 4.31. The number of anilines is 1. The number of nitrogens with zero attached hydrogens (tertiary/aromatic N) is 5. The highest BCUT2D eigenvalue weighted by molar-refractivity contribution is 6.28. The third-order valence-corrected chi connectivity index (χ3v) is 6.19. The molecule has 7 nitrogen and oxygen atoms in total. The van der Waals surface area contributed by atoms with E-state index in [1.165, 1.54) is 37.1 Å². The molecule has 8 heteroatoms. The van der Waals surface area contributed by atoms with Crippen molar-refractivity contribution < 1.29 is 4.74 Å². The van der Waals surface area contributed by atoms with Crippen LogP contribution in [-0.4, -0.2) is 44.8 Å². The zero-order chi connectivity index (χ0) is 22.6. The van der Waals surface area contributed by atoms with E-state index in [0.717, 1.165) is 23.2 Å². The molecular weight excluding hydrogens is 436 g/mol. The molecule has 1 fully saturated rings. The smallest absolute Gasteiger partial charge is 0.226 e. The molecule has 33 heavy (non-hydrogen) atoms. The molecule has 3 heterocycles. The molecule has 0 atom stereocenters. The van der Waals surface area contributed by atoms with Gasteiger partial charge in [0, 0.05) is 13.1 Å². The SMILES string of the molecule is COc1cccc(CNc2nc(Cl)nc3c2cnn3Cc2ccc(CN3CCCC3)cc2)c1. The number of rotatable bonds is 8. The fourth-order valence-electron chi connectivity index (χ4n) is 4.27. The van der Waals surface area contributed by atoms with Crippen molar-refractivity contribution in [3.63, 3.8) is 0 Å². The summed E-state index contributed by atoms with van der Waals surface area (Å²) in [4.78, 5) is 11.4. The largest absolute Gasteiger partial charge is 0.497 e. The van der Waals surface area contributed by atoms with E-state index in [2.05, 4.69) is 49.5 Å². The van der Waals surface area contributed by atoms with Crippen LogP contribution in [0.3, 0.4) is 0 Å². The van der Waals surface area contributed by atoms with Gasteiger partial charge in [-0.1, -0.05) is 36.4 Å². The Hall–Kier alpha value is -3.16. The van der Waals surface area contributed by atoms with Crippen molar-refractivity contribution in [1.82, 2.24) is 24.6 Å². The average molecular weight is 463 g/mol. The molecule has 0 amide bonds. The summed E-state index contributed by atoms with van der Waals surface area (Å²) in [5, 5.41) is 8.97. The van der Waals surface area contributed by atoms with Crippen LogP contribution in [-0.2, 0) is 19.6 Å². The minimum atomic E-state index is 0.193.